The first-order chi connectivity index (χ1) is 39.9. The molecule has 0 saturated carbocycles. The van der Waals surface area contributed by atoms with Crippen molar-refractivity contribution in [1.82, 2.24) is 16.3 Å². The number of benzene rings is 4. The number of nitrogens with one attached hydrogen (secondary N) is 4. The molecule has 3 heterocycles. The second-order valence-corrected chi connectivity index (χ2v) is 22.9. The quantitative estimate of drug-likeness (QED) is 0.0259. The third-order valence-electron chi connectivity index (χ3n) is 14.5. The maximum absolute atomic E-state index is 12.0. The van der Waals surface area contributed by atoms with Crippen LogP contribution in [-0.4, -0.2) is 61.1 Å². The van der Waals surface area contributed by atoms with Gasteiger partial charge in [-0.25, -0.2) is 0 Å². The zero-order valence-corrected chi connectivity index (χ0v) is 51.7. The van der Waals surface area contributed by atoms with E-state index in [1.54, 1.807) is 52.5 Å². The summed E-state index contributed by atoms with van der Waals surface area (Å²) in [7, 11) is 0. The van der Waals surface area contributed by atoms with Crippen molar-refractivity contribution in [2.45, 2.75) is 196 Å². The number of ether oxygens (including phenoxy) is 2. The molecule has 0 spiro atoms. The van der Waals surface area contributed by atoms with Crippen LogP contribution in [0.4, 0.5) is 22.7 Å². The monoisotopic (exact) mass is 1150 g/mol. The van der Waals surface area contributed by atoms with E-state index in [1.807, 2.05) is 80.4 Å². The summed E-state index contributed by atoms with van der Waals surface area (Å²) in [4.78, 5) is 45.4. The van der Waals surface area contributed by atoms with Crippen molar-refractivity contribution in [3.05, 3.63) is 103 Å². The fourth-order valence-corrected chi connectivity index (χ4v) is 10.0. The number of nitrogens with zero attached hydrogens (tertiary/aromatic N) is 3. The Bertz CT molecular complexity index is 2380. The molecule has 4 aromatic carbocycles. The lowest BCUT2D eigenvalue weighted by atomic mass is 10.1. The molecule has 4 N–H and O–H groups in total. The number of amides is 3. The zero-order valence-electron chi connectivity index (χ0n) is 50.9. The van der Waals surface area contributed by atoms with Crippen LogP contribution < -0.4 is 49.7 Å². The van der Waals surface area contributed by atoms with E-state index >= 15 is 0 Å². The third kappa shape index (κ3) is 27.2. The summed E-state index contributed by atoms with van der Waals surface area (Å²) in [6, 6.07) is 29.4. The summed E-state index contributed by atoms with van der Waals surface area (Å²) in [5, 5.41) is 5.47. The predicted molar refractivity (Wildman–Crippen MR) is 337 cm³/mol. The lowest BCUT2D eigenvalue weighted by Crippen LogP contribution is -2.32. The highest BCUT2D eigenvalue weighted by molar-refractivity contribution is 7.81. The first-order valence-corrected chi connectivity index (χ1v) is 32.2. The van der Waals surface area contributed by atoms with Gasteiger partial charge in [-0.05, 0) is 61.4 Å². The number of unbranched alkanes of at least 4 members (excludes halogenated alkanes) is 20. The molecule has 4 unspecified atom stereocenters. The number of carbonyl (C=O) groups excluding carboxylic acids is 4. The molecule has 0 aliphatic carbocycles. The van der Waals surface area contributed by atoms with Crippen LogP contribution in [0, 0.1) is 17.8 Å². The highest BCUT2D eigenvalue weighted by Gasteiger charge is 2.29. The zero-order chi connectivity index (χ0) is 59.2. The lowest BCUT2D eigenvalue weighted by Gasteiger charge is -2.20. The molecule has 0 aromatic heterocycles. The molecular weight excluding hydrogens is 1050 g/mol. The van der Waals surface area contributed by atoms with Gasteiger partial charge in [-0.15, -0.1) is 0 Å². The average molecular weight is 1150 g/mol. The molecule has 7 rings (SSSR count). The molecule has 3 fully saturated rings. The Kier molecular flexibility index (Phi) is 34.0. The second kappa shape index (κ2) is 40.8. The molecule has 3 saturated heterocycles. The number of hydrazine groups is 3. The Labute approximate surface area is 495 Å². The minimum Gasteiger partial charge on any atom is -0.493 e. The smallest absolute Gasteiger partial charge is 0.316 e. The summed E-state index contributed by atoms with van der Waals surface area (Å²) in [5.74, 6) is 2.22. The number of carbonyl (C=O) groups is 4. The Balaban J connectivity index is 0.000000249. The summed E-state index contributed by atoms with van der Waals surface area (Å²) < 4.78 is 32.1. The molecule has 4 atom stereocenters. The molecule has 3 aliphatic heterocycles. The van der Waals surface area contributed by atoms with Crippen molar-refractivity contribution in [1.29, 1.82) is 0 Å². The van der Waals surface area contributed by atoms with Crippen molar-refractivity contribution in [2.24, 2.45) is 17.8 Å². The Hall–Kier alpha value is -6.29. The van der Waals surface area contributed by atoms with Crippen LogP contribution in [0.5, 0.6) is 17.2 Å². The fraction of sp³-hybridized carbons (Fsp3) is 0.576. The highest BCUT2D eigenvalue weighted by atomic mass is 32.2. The minimum absolute atomic E-state index is 0.00936. The van der Waals surface area contributed by atoms with Gasteiger partial charge in [0.2, 0.25) is 17.7 Å². The summed E-state index contributed by atoms with van der Waals surface area (Å²) in [5.41, 5.74) is 12.4. The number of para-hydroxylation sites is 1. The van der Waals surface area contributed by atoms with E-state index < -0.39 is 11.3 Å². The first kappa shape index (κ1) is 68.2. The van der Waals surface area contributed by atoms with Crippen LogP contribution in [0.2, 0.25) is 0 Å². The average Bonchev–Trinajstić information content (AvgIpc) is 4.15. The SMILES string of the molecule is CC1CN(c2ccc(NS(=O)Oc3ccccc3)cc2)NC1=O.CC1CN(c2cccc(C=O)c2)NC1=O.CCCCCCCCCCCCC.CCCCCCCCOc1cc(OCCCCCCCC)cc(N2CC(C)C(=O)N2)c1. The van der Waals surface area contributed by atoms with Gasteiger partial charge in [0.05, 0.1) is 67.7 Å². The lowest BCUT2D eigenvalue weighted by molar-refractivity contribution is -0.122. The van der Waals surface area contributed by atoms with Gasteiger partial charge in [0.1, 0.15) is 23.5 Å². The Morgan fingerprint density at radius 1 is 0.463 bits per heavy atom. The Morgan fingerprint density at radius 3 is 1.27 bits per heavy atom. The van der Waals surface area contributed by atoms with Crippen molar-refractivity contribution < 1.29 is 37.0 Å². The van der Waals surface area contributed by atoms with E-state index in [1.165, 1.54) is 135 Å². The van der Waals surface area contributed by atoms with Crippen molar-refractivity contribution in [2.75, 3.05) is 52.6 Å². The molecular formula is C66H101N7O8S. The van der Waals surface area contributed by atoms with E-state index in [0.717, 1.165) is 60.9 Å². The molecule has 0 radical (unpaired) electrons. The molecule has 0 bridgehead atoms. The molecule has 3 aliphatic rings. The van der Waals surface area contributed by atoms with Gasteiger partial charge in [0.15, 0.2) is 0 Å². The maximum Gasteiger partial charge on any atom is 0.316 e. The summed E-state index contributed by atoms with van der Waals surface area (Å²) in [6.07, 6.45) is 31.7. The Morgan fingerprint density at radius 2 is 0.866 bits per heavy atom. The van der Waals surface area contributed by atoms with E-state index in [4.69, 9.17) is 13.7 Å². The number of rotatable bonds is 34. The van der Waals surface area contributed by atoms with Crippen LogP contribution >= 0.6 is 0 Å². The number of anilines is 4. The molecule has 16 heteroatoms. The van der Waals surface area contributed by atoms with Crippen LogP contribution in [0.1, 0.15) is 207 Å². The highest BCUT2D eigenvalue weighted by Crippen LogP contribution is 2.31. The van der Waals surface area contributed by atoms with Crippen LogP contribution in [0.3, 0.4) is 0 Å². The van der Waals surface area contributed by atoms with E-state index in [9.17, 15) is 23.4 Å². The van der Waals surface area contributed by atoms with Crippen LogP contribution in [0.25, 0.3) is 0 Å². The van der Waals surface area contributed by atoms with E-state index in [-0.39, 0.29) is 35.5 Å². The molecule has 15 nitrogen and oxygen atoms in total. The standard InChI is InChI=1S/C26H44N2O3.C16H17N3O3S.C13H28.C11H12N2O2/c1-4-6-8-10-12-14-16-30-24-18-23(28-21-22(3)26(29)27-28)19-25(20-24)31-17-15-13-11-9-7-5-2;1-12-11-19(17-16(12)20)14-9-7-13(8-10-14)18-23(21)22-15-5-3-2-4-6-15;1-3-5-7-9-11-13-12-10-8-6-4-2;1-8-6-13(12-11(8)15)10-4-2-3-9(5-10)7-14/h18-20,22H,4-17,21H2,1-3H3,(H,27,29);2-10,12,18H,11H2,1H3,(H,17,20);3-13H2,1-2H3;2-5,7-8H,6H2,1H3,(H,12,15). The molecule has 82 heavy (non-hydrogen) atoms. The predicted octanol–water partition coefficient (Wildman–Crippen LogP) is 15.2. The van der Waals surface area contributed by atoms with Gasteiger partial charge >= 0.3 is 11.3 Å². The van der Waals surface area contributed by atoms with Gasteiger partial charge in [0.25, 0.3) is 0 Å². The third-order valence-corrected chi connectivity index (χ3v) is 15.2. The first-order valence-electron chi connectivity index (χ1n) is 31.1. The van der Waals surface area contributed by atoms with Crippen molar-refractivity contribution in [3.63, 3.8) is 0 Å². The van der Waals surface area contributed by atoms with Crippen LogP contribution in [0.15, 0.2) is 97.1 Å². The van der Waals surface area contributed by atoms with Crippen LogP contribution in [-0.2, 0) is 25.7 Å². The van der Waals surface area contributed by atoms with Gasteiger partial charge < -0.3 is 13.7 Å². The minimum atomic E-state index is -1.68. The van der Waals surface area contributed by atoms with Crippen molar-refractivity contribution >= 4 is 58.0 Å². The molecule has 3 amide bonds. The summed E-state index contributed by atoms with van der Waals surface area (Å²) in [6.45, 7) is 18.1. The van der Waals surface area contributed by atoms with Gasteiger partial charge in [-0.2, -0.15) is 4.21 Å². The second-order valence-electron chi connectivity index (χ2n) is 22.0. The fourth-order valence-electron chi connectivity index (χ4n) is 9.36. The molecule has 454 valence electrons. The van der Waals surface area contributed by atoms with E-state index in [2.05, 4.69) is 48.7 Å². The van der Waals surface area contributed by atoms with E-state index in [0.29, 0.717) is 36.6 Å². The summed E-state index contributed by atoms with van der Waals surface area (Å²) >= 11 is -1.68. The normalized spacial score (nSPS) is 16.5. The van der Waals surface area contributed by atoms with Gasteiger partial charge in [0, 0.05) is 29.4 Å². The topological polar surface area (TPSA) is 171 Å². The van der Waals surface area contributed by atoms with Crippen molar-refractivity contribution in [3.8, 4) is 17.2 Å². The largest absolute Gasteiger partial charge is 0.493 e. The number of hydrogen-bond acceptors (Lipinski definition) is 11. The maximum atomic E-state index is 12.0. The van der Waals surface area contributed by atoms with Gasteiger partial charge in [-0.3, -0.25) is 55.2 Å². The molecule has 4 aromatic rings. The number of aldehydes is 1. The van der Waals surface area contributed by atoms with Gasteiger partial charge in [-0.1, -0.05) is 214 Å². The number of hydrogen-bond donors (Lipinski definition) is 4.